The number of nitrogens with zero attached hydrogens (tertiary/aromatic N) is 2. The van der Waals surface area contributed by atoms with Crippen molar-refractivity contribution in [1.29, 1.82) is 0 Å². The second-order valence-corrected chi connectivity index (χ2v) is 12.5. The van der Waals surface area contributed by atoms with Gasteiger partial charge < -0.3 is 15.0 Å². The van der Waals surface area contributed by atoms with Gasteiger partial charge in [0.1, 0.15) is 11.8 Å². The van der Waals surface area contributed by atoms with Crippen LogP contribution in [0, 0.1) is 0 Å². The number of halogens is 2. The van der Waals surface area contributed by atoms with E-state index in [2.05, 4.69) is 5.32 Å². The molecular weight excluding hydrogens is 561 g/mol. The Balaban J connectivity index is 1.73. The van der Waals surface area contributed by atoms with E-state index in [1.807, 2.05) is 6.92 Å². The molecule has 0 spiro atoms. The zero-order chi connectivity index (χ0) is 28.6. The van der Waals surface area contributed by atoms with Crippen molar-refractivity contribution in [2.45, 2.75) is 71.0 Å². The first-order chi connectivity index (χ1) is 18.5. The van der Waals surface area contributed by atoms with Gasteiger partial charge in [-0.25, -0.2) is 8.42 Å². The Kier molecular flexibility index (Phi) is 11.3. The van der Waals surface area contributed by atoms with Crippen LogP contribution in [0.1, 0.15) is 57.9 Å². The summed E-state index contributed by atoms with van der Waals surface area (Å²) in [7, 11) is -3.59. The predicted molar refractivity (Wildman–Crippen MR) is 156 cm³/mol. The summed E-state index contributed by atoms with van der Waals surface area (Å²) in [6.45, 7) is 4.32. The van der Waals surface area contributed by atoms with Crippen LogP contribution in [0.3, 0.4) is 0 Å². The fourth-order valence-electron chi connectivity index (χ4n) is 4.69. The van der Waals surface area contributed by atoms with Gasteiger partial charge in [-0.2, -0.15) is 0 Å². The van der Waals surface area contributed by atoms with Gasteiger partial charge in [0.25, 0.3) is 0 Å². The van der Waals surface area contributed by atoms with E-state index in [4.69, 9.17) is 27.9 Å². The highest BCUT2D eigenvalue weighted by Crippen LogP contribution is 2.25. The predicted octanol–water partition coefficient (Wildman–Crippen LogP) is 5.41. The van der Waals surface area contributed by atoms with Crippen LogP contribution in [-0.2, 0) is 26.2 Å². The summed E-state index contributed by atoms with van der Waals surface area (Å²) < 4.78 is 31.8. The molecule has 0 aliphatic heterocycles. The molecule has 2 aromatic carbocycles. The van der Waals surface area contributed by atoms with Gasteiger partial charge in [0, 0.05) is 35.6 Å². The summed E-state index contributed by atoms with van der Waals surface area (Å²) in [6, 6.07) is 11.2. The van der Waals surface area contributed by atoms with E-state index in [0.717, 1.165) is 31.9 Å². The Morgan fingerprint density at radius 3 is 2.36 bits per heavy atom. The lowest BCUT2D eigenvalue weighted by atomic mass is 10.1. The maximum atomic E-state index is 13.5. The zero-order valence-corrected chi connectivity index (χ0v) is 25.0. The van der Waals surface area contributed by atoms with Crippen LogP contribution in [0.4, 0.5) is 5.69 Å². The number of anilines is 1. The van der Waals surface area contributed by atoms with E-state index >= 15 is 0 Å². The lowest BCUT2D eigenvalue weighted by Gasteiger charge is -2.30. The van der Waals surface area contributed by atoms with Crippen LogP contribution in [0.2, 0.25) is 10.0 Å². The van der Waals surface area contributed by atoms with Gasteiger partial charge >= 0.3 is 0 Å². The van der Waals surface area contributed by atoms with E-state index < -0.39 is 16.1 Å². The number of rotatable bonds is 13. The second kappa shape index (κ2) is 14.2. The lowest BCUT2D eigenvalue weighted by Crippen LogP contribution is -2.49. The van der Waals surface area contributed by atoms with E-state index in [9.17, 15) is 18.0 Å². The monoisotopic (exact) mass is 597 g/mol. The number of carbonyl (C=O) groups is 2. The Morgan fingerprint density at radius 2 is 1.77 bits per heavy atom. The molecule has 2 aromatic rings. The summed E-state index contributed by atoms with van der Waals surface area (Å²) in [5.74, 6) is 0.161. The third kappa shape index (κ3) is 9.01. The van der Waals surface area contributed by atoms with E-state index in [1.165, 1.54) is 9.21 Å². The van der Waals surface area contributed by atoms with Crippen LogP contribution in [-0.4, -0.2) is 56.6 Å². The Morgan fingerprint density at radius 1 is 1.10 bits per heavy atom. The number of amides is 2. The molecular formula is C28H37Cl2N3O5S. The fraction of sp³-hybridized carbons (Fsp3) is 0.500. The number of hydrogen-bond donors (Lipinski definition) is 1. The molecule has 1 saturated carbocycles. The molecule has 0 saturated heterocycles. The Hall–Kier alpha value is -2.49. The third-order valence-electron chi connectivity index (χ3n) is 6.81. The van der Waals surface area contributed by atoms with Crippen molar-refractivity contribution in [3.63, 3.8) is 0 Å². The van der Waals surface area contributed by atoms with Gasteiger partial charge in [-0.15, -0.1) is 0 Å². The largest absolute Gasteiger partial charge is 0.494 e. The van der Waals surface area contributed by atoms with E-state index in [0.29, 0.717) is 33.7 Å². The molecule has 1 fully saturated rings. The number of benzene rings is 2. The van der Waals surface area contributed by atoms with Crippen LogP contribution >= 0.6 is 23.2 Å². The number of carbonyl (C=O) groups excluding carboxylic acids is 2. The van der Waals surface area contributed by atoms with Gasteiger partial charge in [0.2, 0.25) is 21.8 Å². The molecule has 3 rings (SSSR count). The average Bonchev–Trinajstić information content (AvgIpc) is 3.39. The fourth-order valence-corrected chi connectivity index (χ4v) is 6.12. The highest BCUT2D eigenvalue weighted by Gasteiger charge is 2.29. The molecule has 0 unspecified atom stereocenters. The summed E-state index contributed by atoms with van der Waals surface area (Å²) in [5, 5.41) is 3.95. The van der Waals surface area contributed by atoms with Crippen LogP contribution < -0.4 is 14.4 Å². The maximum absolute atomic E-state index is 13.5. The SMILES string of the molecule is CCOc1ccc(N(CCCC(=O)N(Cc2ccc(Cl)cc2Cl)[C@H](C)C(=O)NC2CCCC2)S(C)(=O)=O)cc1. The summed E-state index contributed by atoms with van der Waals surface area (Å²) in [5.41, 5.74) is 1.16. The lowest BCUT2D eigenvalue weighted by molar-refractivity contribution is -0.140. The van der Waals surface area contributed by atoms with E-state index in [-0.39, 0.29) is 43.8 Å². The van der Waals surface area contributed by atoms with E-state index in [1.54, 1.807) is 49.4 Å². The molecule has 8 nitrogen and oxygen atoms in total. The standard InChI is InChI=1S/C28H37Cl2N3O5S/c1-4-38-25-15-13-24(14-16-25)33(39(3,36)37)17-7-10-27(34)32(19-21-11-12-22(29)18-26(21)30)20(2)28(35)31-23-8-5-6-9-23/h11-16,18,20,23H,4-10,17,19H2,1-3H3,(H,31,35)/t20-/m1/s1. The number of hydrogen-bond acceptors (Lipinski definition) is 5. The van der Waals surface area contributed by atoms with Crippen molar-refractivity contribution in [2.75, 3.05) is 23.7 Å². The minimum atomic E-state index is -3.59. The molecule has 39 heavy (non-hydrogen) atoms. The third-order valence-corrected chi connectivity index (χ3v) is 8.59. The number of sulfonamides is 1. The average molecular weight is 599 g/mol. The molecule has 1 N–H and O–H groups in total. The van der Waals surface area contributed by atoms with Gasteiger partial charge in [-0.3, -0.25) is 13.9 Å². The maximum Gasteiger partial charge on any atom is 0.242 e. The first kappa shape index (κ1) is 31.0. The molecule has 1 atom stereocenters. The highest BCUT2D eigenvalue weighted by molar-refractivity contribution is 7.92. The normalized spacial score (nSPS) is 14.6. The minimum Gasteiger partial charge on any atom is -0.494 e. The molecule has 0 heterocycles. The van der Waals surface area contributed by atoms with Crippen molar-refractivity contribution in [2.24, 2.45) is 0 Å². The van der Waals surface area contributed by atoms with Crippen molar-refractivity contribution >= 4 is 50.7 Å². The molecule has 2 amide bonds. The van der Waals surface area contributed by atoms with Gasteiger partial charge in [-0.1, -0.05) is 42.1 Å². The number of ether oxygens (including phenoxy) is 1. The first-order valence-corrected chi connectivity index (χ1v) is 15.8. The van der Waals surface area contributed by atoms with Gasteiger partial charge in [-0.05, 0) is 75.1 Å². The molecule has 11 heteroatoms. The minimum absolute atomic E-state index is 0.0509. The Labute approximate surface area is 241 Å². The summed E-state index contributed by atoms with van der Waals surface area (Å²) in [6.07, 6.45) is 5.47. The first-order valence-electron chi connectivity index (χ1n) is 13.2. The zero-order valence-electron chi connectivity index (χ0n) is 22.7. The topological polar surface area (TPSA) is 96.0 Å². The quantitative estimate of drug-likeness (QED) is 0.333. The van der Waals surface area contributed by atoms with Gasteiger partial charge in [0.15, 0.2) is 0 Å². The van der Waals surface area contributed by atoms with Gasteiger partial charge in [0.05, 0.1) is 18.6 Å². The smallest absolute Gasteiger partial charge is 0.242 e. The summed E-state index contributed by atoms with van der Waals surface area (Å²) >= 11 is 12.4. The van der Waals surface area contributed by atoms with Crippen LogP contribution in [0.25, 0.3) is 0 Å². The Bertz CT molecular complexity index is 1230. The van der Waals surface area contributed by atoms with Crippen molar-refractivity contribution in [3.05, 3.63) is 58.1 Å². The molecule has 0 bridgehead atoms. The molecule has 0 aromatic heterocycles. The van der Waals surface area contributed by atoms with Crippen molar-refractivity contribution in [3.8, 4) is 5.75 Å². The van der Waals surface area contributed by atoms with Crippen molar-refractivity contribution in [1.82, 2.24) is 10.2 Å². The molecule has 1 aliphatic rings. The number of nitrogens with one attached hydrogen (secondary N) is 1. The molecule has 214 valence electrons. The molecule has 1 aliphatic carbocycles. The summed E-state index contributed by atoms with van der Waals surface area (Å²) in [4.78, 5) is 28.1. The van der Waals surface area contributed by atoms with Crippen LogP contribution in [0.15, 0.2) is 42.5 Å². The molecule has 0 radical (unpaired) electrons. The van der Waals surface area contributed by atoms with Crippen LogP contribution in [0.5, 0.6) is 5.75 Å². The van der Waals surface area contributed by atoms with Crippen molar-refractivity contribution < 1.29 is 22.7 Å². The second-order valence-electron chi connectivity index (χ2n) is 9.79. The highest BCUT2D eigenvalue weighted by atomic mass is 35.5.